The number of fused-ring (bicyclic) bond motifs is 6. The van der Waals surface area contributed by atoms with Crippen molar-refractivity contribution in [3.05, 3.63) is 106 Å². The van der Waals surface area contributed by atoms with Gasteiger partial charge in [-0.25, -0.2) is 0 Å². The van der Waals surface area contributed by atoms with E-state index in [2.05, 4.69) is 86.6 Å². The summed E-state index contributed by atoms with van der Waals surface area (Å²) in [6.07, 6.45) is 7.25. The molecular formula is C37H33Cl. The number of halogens is 1. The highest BCUT2D eigenvalue weighted by Crippen LogP contribution is 2.69. The molecule has 6 aliphatic rings. The normalized spacial score (nSPS) is 30.3. The highest BCUT2D eigenvalue weighted by Gasteiger charge is 2.61. The van der Waals surface area contributed by atoms with E-state index < -0.39 is 0 Å². The topological polar surface area (TPSA) is 0 Å². The Morgan fingerprint density at radius 3 is 1.89 bits per heavy atom. The van der Waals surface area contributed by atoms with Gasteiger partial charge in [-0.05, 0) is 136 Å². The lowest BCUT2D eigenvalue weighted by Crippen LogP contribution is -2.55. The molecular weight excluding hydrogens is 480 g/mol. The Bertz CT molecular complexity index is 1640. The van der Waals surface area contributed by atoms with Crippen LogP contribution in [0.1, 0.15) is 68.2 Å². The predicted octanol–water partition coefficient (Wildman–Crippen LogP) is 10.0. The van der Waals surface area contributed by atoms with Crippen molar-refractivity contribution in [2.75, 3.05) is 0 Å². The van der Waals surface area contributed by atoms with Crippen molar-refractivity contribution < 1.29 is 0 Å². The number of hydrogen-bond donors (Lipinski definition) is 0. The van der Waals surface area contributed by atoms with Crippen LogP contribution in [0.3, 0.4) is 0 Å². The minimum Gasteiger partial charge on any atom is -0.0843 e. The largest absolute Gasteiger partial charge is 0.0843 e. The summed E-state index contributed by atoms with van der Waals surface area (Å²) < 4.78 is 0. The van der Waals surface area contributed by atoms with Gasteiger partial charge in [-0.15, -0.1) is 0 Å². The van der Waals surface area contributed by atoms with E-state index in [1.807, 2.05) is 6.07 Å². The van der Waals surface area contributed by atoms with Gasteiger partial charge in [0.1, 0.15) is 0 Å². The fraction of sp³-hybridized carbons (Fsp3) is 0.351. The average Bonchev–Trinajstić information content (AvgIpc) is 3.33. The zero-order valence-corrected chi connectivity index (χ0v) is 23.0. The van der Waals surface area contributed by atoms with Gasteiger partial charge >= 0.3 is 0 Å². The average molecular weight is 513 g/mol. The Morgan fingerprint density at radius 1 is 0.553 bits per heavy atom. The smallest absolute Gasteiger partial charge is 0.0409 e. The molecule has 1 spiro atoms. The van der Waals surface area contributed by atoms with Gasteiger partial charge in [0.2, 0.25) is 0 Å². The summed E-state index contributed by atoms with van der Waals surface area (Å²) in [6, 6.07) is 30.5. The lowest BCUT2D eigenvalue weighted by Gasteiger charge is -2.61. The van der Waals surface area contributed by atoms with Gasteiger partial charge in [-0.3, -0.25) is 0 Å². The van der Waals surface area contributed by atoms with Crippen LogP contribution < -0.4 is 0 Å². The molecule has 188 valence electrons. The summed E-state index contributed by atoms with van der Waals surface area (Å²) in [4.78, 5) is 0. The molecule has 0 nitrogen and oxygen atoms in total. The third-order valence-corrected chi connectivity index (χ3v) is 11.8. The summed E-state index contributed by atoms with van der Waals surface area (Å²) in [5.41, 5.74) is 14.6. The fourth-order valence-corrected chi connectivity index (χ4v) is 10.4. The van der Waals surface area contributed by atoms with Crippen molar-refractivity contribution in [3.8, 4) is 33.4 Å². The van der Waals surface area contributed by atoms with Crippen molar-refractivity contribution >= 4 is 11.6 Å². The van der Waals surface area contributed by atoms with Gasteiger partial charge < -0.3 is 0 Å². The van der Waals surface area contributed by atoms with Gasteiger partial charge in [0.05, 0.1) is 0 Å². The van der Waals surface area contributed by atoms with Crippen molar-refractivity contribution in [2.45, 2.75) is 56.8 Å². The molecule has 0 heterocycles. The van der Waals surface area contributed by atoms with E-state index in [0.29, 0.717) is 0 Å². The molecule has 4 bridgehead atoms. The van der Waals surface area contributed by atoms with E-state index in [1.54, 1.807) is 11.1 Å². The number of benzene rings is 4. The number of hydrogen-bond acceptors (Lipinski definition) is 0. The van der Waals surface area contributed by atoms with Crippen LogP contribution in [0.5, 0.6) is 0 Å². The maximum absolute atomic E-state index is 6.42. The monoisotopic (exact) mass is 512 g/mol. The zero-order valence-electron chi connectivity index (χ0n) is 22.2. The number of rotatable bonds is 1. The molecule has 0 amide bonds. The van der Waals surface area contributed by atoms with Gasteiger partial charge in [0.25, 0.3) is 0 Å². The Morgan fingerprint density at radius 2 is 1.13 bits per heavy atom. The van der Waals surface area contributed by atoms with Crippen molar-refractivity contribution in [1.82, 2.24) is 0 Å². The molecule has 0 saturated heterocycles. The van der Waals surface area contributed by atoms with E-state index in [9.17, 15) is 0 Å². The first-order chi connectivity index (χ1) is 18.4. The SMILES string of the molecule is CC1(C)c2cc(Cl)ccc2-c2ccc(-c3ccc4c(c3)-c3ccccc3C43C4CC5CC(C4)CC3C5)cc21. The maximum Gasteiger partial charge on any atom is 0.0409 e. The predicted molar refractivity (Wildman–Crippen MR) is 158 cm³/mol. The molecule has 0 unspecified atom stereocenters. The van der Waals surface area contributed by atoms with Crippen LogP contribution in [0.25, 0.3) is 33.4 Å². The summed E-state index contributed by atoms with van der Waals surface area (Å²) in [5, 5.41) is 0.820. The third-order valence-electron chi connectivity index (χ3n) is 11.5. The van der Waals surface area contributed by atoms with Crippen molar-refractivity contribution in [2.24, 2.45) is 23.7 Å². The molecule has 4 aromatic rings. The Labute approximate surface area is 231 Å². The van der Waals surface area contributed by atoms with Crippen LogP contribution >= 0.6 is 11.6 Å². The van der Waals surface area contributed by atoms with Crippen LogP contribution in [-0.2, 0) is 10.8 Å². The summed E-state index contributed by atoms with van der Waals surface area (Å²) in [6.45, 7) is 4.68. The minimum atomic E-state index is -0.0562. The van der Waals surface area contributed by atoms with Crippen LogP contribution in [0, 0.1) is 23.7 Å². The molecule has 0 N–H and O–H groups in total. The van der Waals surface area contributed by atoms with Gasteiger partial charge in [0.15, 0.2) is 0 Å². The Kier molecular flexibility index (Phi) is 4.19. The second-order valence-corrected chi connectivity index (χ2v) is 14.0. The first-order valence-electron chi connectivity index (χ1n) is 14.6. The van der Waals surface area contributed by atoms with Gasteiger partial charge in [0, 0.05) is 15.9 Å². The van der Waals surface area contributed by atoms with E-state index in [4.69, 9.17) is 11.6 Å². The fourth-order valence-electron chi connectivity index (χ4n) is 10.2. The second-order valence-electron chi connectivity index (χ2n) is 13.6. The van der Waals surface area contributed by atoms with Crippen LogP contribution in [0.2, 0.25) is 5.02 Å². The lowest BCUT2D eigenvalue weighted by atomic mass is 9.43. The van der Waals surface area contributed by atoms with Crippen molar-refractivity contribution in [3.63, 3.8) is 0 Å². The maximum atomic E-state index is 6.42. The van der Waals surface area contributed by atoms with Crippen LogP contribution in [0.4, 0.5) is 0 Å². The molecule has 0 radical (unpaired) electrons. The molecule has 6 aliphatic carbocycles. The summed E-state index contributed by atoms with van der Waals surface area (Å²) in [7, 11) is 0. The molecule has 4 saturated carbocycles. The summed E-state index contributed by atoms with van der Waals surface area (Å²) in [5.74, 6) is 3.59. The van der Waals surface area contributed by atoms with E-state index in [1.165, 1.54) is 76.6 Å². The lowest BCUT2D eigenvalue weighted by molar-refractivity contribution is -0.0399. The molecule has 0 atom stereocenters. The highest BCUT2D eigenvalue weighted by molar-refractivity contribution is 6.30. The van der Waals surface area contributed by atoms with Crippen LogP contribution in [0.15, 0.2) is 78.9 Å². The van der Waals surface area contributed by atoms with E-state index in [-0.39, 0.29) is 10.8 Å². The van der Waals surface area contributed by atoms with E-state index in [0.717, 1.165) is 28.7 Å². The quantitative estimate of drug-likeness (QED) is 0.238. The molecule has 38 heavy (non-hydrogen) atoms. The standard InChI is InChI=1S/C37H33Cl/c1-36(2)34-19-24(7-10-29(34)30-11-9-27(38)20-35(30)36)23-8-12-33-31(18-23)28-5-3-4-6-32(28)37(33)25-14-21-13-22(16-25)17-26(37)15-21/h3-12,18-22,25-26H,13-17H2,1-2H3. The van der Waals surface area contributed by atoms with Gasteiger partial charge in [-0.2, -0.15) is 0 Å². The van der Waals surface area contributed by atoms with Crippen molar-refractivity contribution in [1.29, 1.82) is 0 Å². The first-order valence-corrected chi connectivity index (χ1v) is 15.0. The van der Waals surface area contributed by atoms with E-state index >= 15 is 0 Å². The Balaban J connectivity index is 1.20. The summed E-state index contributed by atoms with van der Waals surface area (Å²) >= 11 is 6.42. The minimum absolute atomic E-state index is 0.0562. The zero-order chi connectivity index (χ0) is 25.4. The first kappa shape index (κ1) is 22.0. The van der Waals surface area contributed by atoms with Crippen LogP contribution in [-0.4, -0.2) is 0 Å². The van der Waals surface area contributed by atoms with Gasteiger partial charge in [-0.1, -0.05) is 80.0 Å². The Hall–Kier alpha value is -2.83. The molecule has 10 rings (SSSR count). The second kappa shape index (κ2) is 7.22. The highest BCUT2D eigenvalue weighted by atomic mass is 35.5. The molecule has 0 aliphatic heterocycles. The molecule has 0 aromatic heterocycles. The molecule has 4 fully saturated rings. The third kappa shape index (κ3) is 2.59. The molecule has 4 aromatic carbocycles. The molecule has 1 heteroatoms.